The number of hydrogen-bond acceptors (Lipinski definition) is 3. The Morgan fingerprint density at radius 2 is 1.80 bits per heavy atom. The first kappa shape index (κ1) is 13.9. The molecule has 1 aromatic heterocycles. The maximum absolute atomic E-state index is 6.11. The number of nitrogen functional groups attached to an aromatic ring is 1. The van der Waals surface area contributed by atoms with E-state index in [1.54, 1.807) is 18.0 Å². The molecule has 0 aliphatic heterocycles. The van der Waals surface area contributed by atoms with E-state index in [-0.39, 0.29) is 0 Å². The molecule has 0 spiro atoms. The van der Waals surface area contributed by atoms with Crippen LogP contribution in [-0.2, 0) is 0 Å². The summed E-state index contributed by atoms with van der Waals surface area (Å²) in [6, 6.07) is 14.2. The van der Waals surface area contributed by atoms with Gasteiger partial charge in [0.1, 0.15) is 0 Å². The molecule has 0 amide bonds. The Labute approximate surface area is 138 Å². The summed E-state index contributed by atoms with van der Waals surface area (Å²) in [7, 11) is 0. The van der Waals surface area contributed by atoms with Crippen LogP contribution in [0.5, 0.6) is 0 Å². The summed E-state index contributed by atoms with van der Waals surface area (Å²) < 4.78 is 2.08. The molecule has 5 heteroatoms. The third-order valence-corrected chi connectivity index (χ3v) is 4.96. The van der Waals surface area contributed by atoms with E-state index in [4.69, 9.17) is 5.73 Å². The van der Waals surface area contributed by atoms with Crippen molar-refractivity contribution in [2.75, 3.05) is 5.73 Å². The molecule has 2 N–H and O–H groups in total. The molecule has 0 atom stereocenters. The number of rotatable bonds is 2. The molecule has 0 saturated heterocycles. The van der Waals surface area contributed by atoms with Crippen LogP contribution < -0.4 is 5.73 Å². The minimum atomic E-state index is 0.695. The smallest absolute Gasteiger partial charge is 0.0715 e. The van der Waals surface area contributed by atoms with Gasteiger partial charge in [0.2, 0.25) is 0 Å². The molecule has 3 rings (SSSR count). The van der Waals surface area contributed by atoms with Gasteiger partial charge in [-0.2, -0.15) is 0 Å². The summed E-state index contributed by atoms with van der Waals surface area (Å²) in [5.74, 6) is 0. The van der Waals surface area contributed by atoms with E-state index < -0.39 is 0 Å². The predicted octanol–water partition coefficient (Wildman–Crippen LogP) is 5.49. The maximum atomic E-state index is 6.11. The number of pyridine rings is 1. The van der Waals surface area contributed by atoms with Gasteiger partial charge in [-0.1, -0.05) is 49.7 Å². The monoisotopic (exact) mass is 408 g/mol. The average molecular weight is 410 g/mol. The molecular weight excluding hydrogens is 400 g/mol. The Hall–Kier alpha value is -1.04. The van der Waals surface area contributed by atoms with Crippen molar-refractivity contribution in [2.45, 2.75) is 9.79 Å². The SMILES string of the molecule is Nc1cnc2ccc(Br)cc2c1Sc1cccc(Br)c1. The zero-order valence-corrected chi connectivity index (χ0v) is 14.3. The molecule has 0 fully saturated rings. The van der Waals surface area contributed by atoms with Crippen molar-refractivity contribution in [1.29, 1.82) is 0 Å². The highest BCUT2D eigenvalue weighted by molar-refractivity contribution is 9.10. The molecule has 0 saturated carbocycles. The number of halogens is 2. The molecule has 0 radical (unpaired) electrons. The number of aromatic nitrogens is 1. The lowest BCUT2D eigenvalue weighted by atomic mass is 10.2. The van der Waals surface area contributed by atoms with Gasteiger partial charge < -0.3 is 5.73 Å². The van der Waals surface area contributed by atoms with Crippen molar-refractivity contribution in [3.63, 3.8) is 0 Å². The third-order valence-electron chi connectivity index (χ3n) is 2.82. The lowest BCUT2D eigenvalue weighted by Gasteiger charge is -2.09. The topological polar surface area (TPSA) is 38.9 Å². The van der Waals surface area contributed by atoms with Gasteiger partial charge in [0.15, 0.2) is 0 Å². The van der Waals surface area contributed by atoms with Crippen LogP contribution in [0.15, 0.2) is 67.4 Å². The van der Waals surface area contributed by atoms with E-state index in [1.807, 2.05) is 24.3 Å². The van der Waals surface area contributed by atoms with E-state index in [0.29, 0.717) is 5.69 Å². The standard InChI is InChI=1S/C15H10Br2N2S/c16-9-2-1-3-11(6-9)20-15-12-7-10(17)4-5-14(12)19-8-13(15)18/h1-8H,18H2. The molecular formula is C15H10Br2N2S. The van der Waals surface area contributed by atoms with Gasteiger partial charge in [0, 0.05) is 24.1 Å². The Morgan fingerprint density at radius 3 is 2.60 bits per heavy atom. The summed E-state index contributed by atoms with van der Waals surface area (Å²) in [4.78, 5) is 6.55. The van der Waals surface area contributed by atoms with Crippen LogP contribution in [0.4, 0.5) is 5.69 Å². The van der Waals surface area contributed by atoms with Crippen LogP contribution in [0, 0.1) is 0 Å². The zero-order valence-electron chi connectivity index (χ0n) is 10.3. The quantitative estimate of drug-likeness (QED) is 0.607. The van der Waals surface area contributed by atoms with Crippen molar-refractivity contribution in [1.82, 2.24) is 4.98 Å². The summed E-state index contributed by atoms with van der Waals surface area (Å²) >= 11 is 8.64. The maximum Gasteiger partial charge on any atom is 0.0715 e. The number of nitrogens with two attached hydrogens (primary N) is 1. The number of anilines is 1. The number of benzene rings is 2. The van der Waals surface area contributed by atoms with E-state index in [9.17, 15) is 0 Å². The largest absolute Gasteiger partial charge is 0.397 e. The van der Waals surface area contributed by atoms with E-state index in [1.165, 1.54) is 0 Å². The molecule has 100 valence electrons. The van der Waals surface area contributed by atoms with Gasteiger partial charge >= 0.3 is 0 Å². The minimum Gasteiger partial charge on any atom is -0.397 e. The Balaban J connectivity index is 2.14. The number of nitrogens with zero attached hydrogens (tertiary/aromatic N) is 1. The summed E-state index contributed by atoms with van der Waals surface area (Å²) in [6.45, 7) is 0. The van der Waals surface area contributed by atoms with Crippen molar-refractivity contribution in [2.24, 2.45) is 0 Å². The van der Waals surface area contributed by atoms with Gasteiger partial charge in [-0.05, 0) is 36.4 Å². The van der Waals surface area contributed by atoms with Gasteiger partial charge in [-0.15, -0.1) is 0 Å². The van der Waals surface area contributed by atoms with E-state index in [2.05, 4.69) is 55.0 Å². The van der Waals surface area contributed by atoms with Gasteiger partial charge in [-0.3, -0.25) is 4.98 Å². The molecule has 0 aliphatic rings. The fraction of sp³-hybridized carbons (Fsp3) is 0. The van der Waals surface area contributed by atoms with Gasteiger partial charge in [0.25, 0.3) is 0 Å². The Morgan fingerprint density at radius 1 is 1.00 bits per heavy atom. The predicted molar refractivity (Wildman–Crippen MR) is 92.1 cm³/mol. The second-order valence-electron chi connectivity index (χ2n) is 4.26. The van der Waals surface area contributed by atoms with E-state index in [0.717, 1.165) is 29.6 Å². The lowest BCUT2D eigenvalue weighted by molar-refractivity contribution is 1.34. The van der Waals surface area contributed by atoms with Crippen LogP contribution in [0.2, 0.25) is 0 Å². The second kappa shape index (κ2) is 5.76. The van der Waals surface area contributed by atoms with Crippen LogP contribution in [0.3, 0.4) is 0 Å². The fourth-order valence-electron chi connectivity index (χ4n) is 1.92. The molecule has 2 aromatic carbocycles. The number of fused-ring (bicyclic) bond motifs is 1. The first-order chi connectivity index (χ1) is 9.63. The van der Waals surface area contributed by atoms with Crippen molar-refractivity contribution in [3.8, 4) is 0 Å². The van der Waals surface area contributed by atoms with Crippen LogP contribution in [0.1, 0.15) is 0 Å². The van der Waals surface area contributed by atoms with Gasteiger partial charge in [0.05, 0.1) is 17.4 Å². The van der Waals surface area contributed by atoms with Crippen molar-refractivity contribution < 1.29 is 0 Å². The highest BCUT2D eigenvalue weighted by Crippen LogP contribution is 2.38. The lowest BCUT2D eigenvalue weighted by Crippen LogP contribution is -1.92. The fourth-order valence-corrected chi connectivity index (χ4v) is 3.84. The van der Waals surface area contributed by atoms with E-state index >= 15 is 0 Å². The highest BCUT2D eigenvalue weighted by atomic mass is 79.9. The highest BCUT2D eigenvalue weighted by Gasteiger charge is 2.09. The molecule has 3 aromatic rings. The van der Waals surface area contributed by atoms with Crippen LogP contribution in [0.25, 0.3) is 10.9 Å². The Kier molecular flexibility index (Phi) is 4.01. The Bertz CT molecular complexity index is 785. The first-order valence-electron chi connectivity index (χ1n) is 5.90. The summed E-state index contributed by atoms with van der Waals surface area (Å²) in [6.07, 6.45) is 1.72. The van der Waals surface area contributed by atoms with Crippen molar-refractivity contribution in [3.05, 3.63) is 57.6 Å². The molecule has 0 unspecified atom stereocenters. The minimum absolute atomic E-state index is 0.695. The third kappa shape index (κ3) is 2.85. The molecule has 2 nitrogen and oxygen atoms in total. The number of hydrogen-bond donors (Lipinski definition) is 1. The second-order valence-corrected chi connectivity index (χ2v) is 7.18. The molecule has 1 heterocycles. The van der Waals surface area contributed by atoms with Crippen LogP contribution in [-0.4, -0.2) is 4.98 Å². The zero-order chi connectivity index (χ0) is 14.1. The first-order valence-corrected chi connectivity index (χ1v) is 8.31. The van der Waals surface area contributed by atoms with Crippen molar-refractivity contribution >= 4 is 60.2 Å². The summed E-state index contributed by atoms with van der Waals surface area (Å²) in [5, 5.41) is 1.06. The van der Waals surface area contributed by atoms with Crippen LogP contribution >= 0.6 is 43.6 Å². The average Bonchev–Trinajstić information content (AvgIpc) is 2.42. The molecule has 0 bridgehead atoms. The molecule has 20 heavy (non-hydrogen) atoms. The normalized spacial score (nSPS) is 10.9. The molecule has 0 aliphatic carbocycles. The summed E-state index contributed by atoms with van der Waals surface area (Å²) in [5.41, 5.74) is 7.75. The van der Waals surface area contributed by atoms with Gasteiger partial charge in [-0.25, -0.2) is 0 Å².